The molecule has 0 amide bonds. The third-order valence-corrected chi connectivity index (χ3v) is 8.99. The lowest BCUT2D eigenvalue weighted by molar-refractivity contribution is -0.193. The molecule has 0 aliphatic heterocycles. The van der Waals surface area contributed by atoms with Crippen LogP contribution in [0.2, 0.25) is 0 Å². The van der Waals surface area contributed by atoms with E-state index in [4.69, 9.17) is 9.47 Å². The van der Waals surface area contributed by atoms with E-state index in [0.717, 1.165) is 38.5 Å². The largest absolute Gasteiger partial charge is 0.463 e. The lowest BCUT2D eigenvalue weighted by Crippen LogP contribution is -2.59. The number of hydrogen-bond acceptors (Lipinski definition) is 6. The summed E-state index contributed by atoms with van der Waals surface area (Å²) >= 11 is 0. The monoisotopic (exact) mass is 406 g/mol. The average molecular weight is 407 g/mol. The fourth-order valence-electron chi connectivity index (χ4n) is 7.63. The molecule has 4 aliphatic rings. The van der Waals surface area contributed by atoms with Crippen molar-refractivity contribution < 1.29 is 29.0 Å². The molecule has 1 N–H and O–H groups in total. The van der Waals surface area contributed by atoms with Crippen molar-refractivity contribution in [2.75, 3.05) is 0 Å². The number of rotatable bonds is 2. The molecule has 6 nitrogen and oxygen atoms in total. The molecule has 162 valence electrons. The van der Waals surface area contributed by atoms with Crippen LogP contribution >= 0.6 is 0 Å². The van der Waals surface area contributed by atoms with Crippen molar-refractivity contribution in [3.63, 3.8) is 0 Å². The topological polar surface area (TPSA) is 89.9 Å². The van der Waals surface area contributed by atoms with E-state index in [1.165, 1.54) is 13.8 Å². The fourth-order valence-corrected chi connectivity index (χ4v) is 7.63. The van der Waals surface area contributed by atoms with E-state index in [1.807, 2.05) is 6.92 Å². The Morgan fingerprint density at radius 3 is 2.31 bits per heavy atom. The molecule has 0 bridgehead atoms. The first-order chi connectivity index (χ1) is 13.6. The predicted molar refractivity (Wildman–Crippen MR) is 105 cm³/mol. The molecular weight excluding hydrogens is 372 g/mol. The molecule has 0 spiro atoms. The molecule has 0 saturated heterocycles. The zero-order valence-electron chi connectivity index (χ0n) is 18.0. The maximum absolute atomic E-state index is 12.8. The molecular formula is C23H34O6. The molecule has 29 heavy (non-hydrogen) atoms. The molecule has 4 fully saturated rings. The van der Waals surface area contributed by atoms with Gasteiger partial charge >= 0.3 is 11.9 Å². The minimum absolute atomic E-state index is 0.0339. The highest BCUT2D eigenvalue weighted by Gasteiger charge is 2.65. The highest BCUT2D eigenvalue weighted by molar-refractivity contribution is 5.91. The number of aliphatic hydroxyl groups is 1. The molecule has 4 rings (SSSR count). The van der Waals surface area contributed by atoms with Gasteiger partial charge in [-0.25, -0.2) is 0 Å². The zero-order valence-corrected chi connectivity index (χ0v) is 18.0. The van der Waals surface area contributed by atoms with E-state index in [9.17, 15) is 19.5 Å². The van der Waals surface area contributed by atoms with Gasteiger partial charge in [-0.15, -0.1) is 0 Å². The van der Waals surface area contributed by atoms with Crippen molar-refractivity contribution in [2.45, 2.75) is 91.0 Å². The van der Waals surface area contributed by atoms with Gasteiger partial charge in [0.15, 0.2) is 5.78 Å². The maximum atomic E-state index is 12.8. The second-order valence-electron chi connectivity index (χ2n) is 10.5. The van der Waals surface area contributed by atoms with Gasteiger partial charge in [0, 0.05) is 25.2 Å². The molecule has 6 heteroatoms. The fraction of sp³-hybridized carbons (Fsp3) is 0.870. The van der Waals surface area contributed by atoms with E-state index in [1.54, 1.807) is 0 Å². The van der Waals surface area contributed by atoms with Gasteiger partial charge < -0.3 is 14.6 Å². The number of ether oxygens (including phenoxy) is 2. The summed E-state index contributed by atoms with van der Waals surface area (Å²) in [6.07, 6.45) is 4.36. The molecule has 0 unspecified atom stereocenters. The first-order valence-corrected chi connectivity index (χ1v) is 11.1. The van der Waals surface area contributed by atoms with Crippen molar-refractivity contribution in [1.82, 2.24) is 0 Å². The number of carbonyl (C=O) groups is 3. The molecule has 4 saturated carbocycles. The van der Waals surface area contributed by atoms with Crippen molar-refractivity contribution in [2.24, 2.45) is 34.5 Å². The van der Waals surface area contributed by atoms with E-state index in [0.29, 0.717) is 18.3 Å². The summed E-state index contributed by atoms with van der Waals surface area (Å²) in [7, 11) is 0. The molecule has 9 atom stereocenters. The van der Waals surface area contributed by atoms with Gasteiger partial charge in [0.25, 0.3) is 0 Å². The van der Waals surface area contributed by atoms with Crippen LogP contribution in [0.1, 0.15) is 72.6 Å². The van der Waals surface area contributed by atoms with Crippen LogP contribution in [-0.2, 0) is 23.9 Å². The smallest absolute Gasteiger partial charge is 0.302 e. The Hall–Kier alpha value is -1.43. The summed E-state index contributed by atoms with van der Waals surface area (Å²) in [6, 6.07) is 0. The lowest BCUT2D eigenvalue weighted by Gasteiger charge is -2.61. The minimum Gasteiger partial charge on any atom is -0.463 e. The molecule has 4 aliphatic carbocycles. The highest BCUT2D eigenvalue weighted by Crippen LogP contribution is 2.66. The number of aliphatic hydroxyl groups excluding tert-OH is 1. The number of fused-ring (bicyclic) bond motifs is 5. The van der Waals surface area contributed by atoms with Crippen LogP contribution < -0.4 is 0 Å². The Bertz CT molecular complexity index is 718. The Labute approximate surface area is 172 Å². The number of ketones is 1. The Kier molecular flexibility index (Phi) is 5.08. The first kappa shape index (κ1) is 20.8. The van der Waals surface area contributed by atoms with Crippen LogP contribution in [0, 0.1) is 34.5 Å². The molecule has 0 aromatic carbocycles. The predicted octanol–water partition coefficient (Wildman–Crippen LogP) is 3.04. The van der Waals surface area contributed by atoms with Crippen molar-refractivity contribution >= 4 is 17.7 Å². The third-order valence-electron chi connectivity index (χ3n) is 8.99. The van der Waals surface area contributed by atoms with Gasteiger partial charge in [0.1, 0.15) is 18.3 Å². The quantitative estimate of drug-likeness (QED) is 0.709. The number of esters is 2. The average Bonchev–Trinajstić information content (AvgIpc) is 2.85. The molecule has 0 heterocycles. The summed E-state index contributed by atoms with van der Waals surface area (Å²) in [6.45, 7) is 7.25. The first-order valence-electron chi connectivity index (χ1n) is 11.1. The van der Waals surface area contributed by atoms with Crippen LogP contribution in [0.5, 0.6) is 0 Å². The Balaban J connectivity index is 1.67. The Morgan fingerprint density at radius 1 is 0.966 bits per heavy atom. The zero-order chi connectivity index (χ0) is 21.1. The standard InChI is InChI=1S/C23H34O6/c1-12(24)28-15-5-7-22(3)14(9-15)10-19(29-13(2)25)20-16(22)6-8-23(4)17(20)11-18(26)21(23)27/h14-20,26H,5-11H2,1-4H3/t14-,15-,16+,17+,18-,19+,20-,22+,23+/m1/s1. The van der Waals surface area contributed by atoms with Gasteiger partial charge in [-0.1, -0.05) is 13.8 Å². The van der Waals surface area contributed by atoms with Crippen molar-refractivity contribution in [3.8, 4) is 0 Å². The van der Waals surface area contributed by atoms with Crippen LogP contribution in [-0.4, -0.2) is 41.1 Å². The summed E-state index contributed by atoms with van der Waals surface area (Å²) < 4.78 is 11.4. The van der Waals surface area contributed by atoms with Gasteiger partial charge in [-0.2, -0.15) is 0 Å². The minimum atomic E-state index is -0.896. The number of hydrogen-bond donors (Lipinski definition) is 1. The number of carbonyl (C=O) groups excluding carboxylic acids is 3. The summed E-state index contributed by atoms with van der Waals surface area (Å²) in [5.74, 6) is 0.255. The Morgan fingerprint density at radius 2 is 1.66 bits per heavy atom. The summed E-state index contributed by atoms with van der Waals surface area (Å²) in [5.41, 5.74) is -0.437. The van der Waals surface area contributed by atoms with Crippen LogP contribution in [0.25, 0.3) is 0 Å². The maximum Gasteiger partial charge on any atom is 0.302 e. The molecule has 0 radical (unpaired) electrons. The van der Waals surface area contributed by atoms with Gasteiger partial charge in [-0.3, -0.25) is 14.4 Å². The van der Waals surface area contributed by atoms with Crippen molar-refractivity contribution in [1.29, 1.82) is 0 Å². The van der Waals surface area contributed by atoms with E-state index in [-0.39, 0.29) is 47.2 Å². The van der Waals surface area contributed by atoms with E-state index in [2.05, 4.69) is 6.92 Å². The second-order valence-corrected chi connectivity index (χ2v) is 10.5. The molecule has 0 aromatic heterocycles. The molecule has 0 aromatic rings. The van der Waals surface area contributed by atoms with E-state index < -0.39 is 11.5 Å². The second kappa shape index (κ2) is 7.07. The SMILES string of the molecule is CC(=O)O[C@@H]1CC[C@@]2(C)[C@H](C1)C[C@H](OC(C)=O)[C@@H]1[C@@H]2CC[C@]2(C)C(=O)[C@H](O)C[C@@H]12. The van der Waals surface area contributed by atoms with Gasteiger partial charge in [-0.05, 0) is 68.1 Å². The highest BCUT2D eigenvalue weighted by atomic mass is 16.5. The normalized spacial score (nSPS) is 48.9. The summed E-state index contributed by atoms with van der Waals surface area (Å²) in [5, 5.41) is 10.4. The van der Waals surface area contributed by atoms with Crippen molar-refractivity contribution in [3.05, 3.63) is 0 Å². The van der Waals surface area contributed by atoms with Crippen LogP contribution in [0.4, 0.5) is 0 Å². The lowest BCUT2D eigenvalue weighted by atomic mass is 9.44. The van der Waals surface area contributed by atoms with E-state index >= 15 is 0 Å². The summed E-state index contributed by atoms with van der Waals surface area (Å²) in [4.78, 5) is 36.2. The van der Waals surface area contributed by atoms with Crippen LogP contribution in [0.3, 0.4) is 0 Å². The third kappa shape index (κ3) is 3.22. The van der Waals surface area contributed by atoms with Gasteiger partial charge in [0.05, 0.1) is 0 Å². The van der Waals surface area contributed by atoms with Gasteiger partial charge in [0.2, 0.25) is 0 Å². The number of Topliss-reactive ketones (excluding diaryl/α,β-unsaturated/α-hetero) is 1. The van der Waals surface area contributed by atoms with Crippen LogP contribution in [0.15, 0.2) is 0 Å².